The third-order valence-electron chi connectivity index (χ3n) is 1.72. The number of rotatable bonds is 2. The van der Waals surface area contributed by atoms with E-state index in [-0.39, 0.29) is 17.8 Å². The molecule has 0 fully saturated rings. The molecule has 4 nitrogen and oxygen atoms in total. The molecule has 16 heavy (non-hydrogen) atoms. The summed E-state index contributed by atoms with van der Waals surface area (Å²) in [6.45, 7) is 0.210. The van der Waals surface area contributed by atoms with Gasteiger partial charge in [0.05, 0.1) is 11.3 Å². The maximum absolute atomic E-state index is 13.0. The minimum Gasteiger partial charge on any atom is -0.395 e. The Hall–Kier alpha value is -2.25. The van der Waals surface area contributed by atoms with Crippen molar-refractivity contribution in [1.82, 2.24) is 0 Å². The van der Waals surface area contributed by atoms with Crippen LogP contribution in [0, 0.1) is 23.5 Å². The Bertz CT molecular complexity index is 496. The molecule has 0 spiro atoms. The van der Waals surface area contributed by atoms with E-state index in [1.165, 1.54) is 0 Å². The zero-order valence-electron chi connectivity index (χ0n) is 8.24. The van der Waals surface area contributed by atoms with Gasteiger partial charge in [-0.15, -0.1) is 0 Å². The zero-order chi connectivity index (χ0) is 12.0. The van der Waals surface area contributed by atoms with Gasteiger partial charge < -0.3 is 5.73 Å². The Labute approximate surface area is 90.7 Å². The third kappa shape index (κ3) is 3.15. The van der Waals surface area contributed by atoms with Crippen LogP contribution in [0.4, 0.5) is 14.5 Å². The summed E-state index contributed by atoms with van der Waals surface area (Å²) in [6.07, 6.45) is 0.307. The number of benzene rings is 1. The van der Waals surface area contributed by atoms with Crippen molar-refractivity contribution in [2.75, 3.05) is 12.3 Å². The van der Waals surface area contributed by atoms with Crippen molar-refractivity contribution in [3.8, 4) is 11.8 Å². The number of nitrogens with zero attached hydrogens (tertiary/aromatic N) is 3. The van der Waals surface area contributed by atoms with E-state index in [0.29, 0.717) is 12.5 Å². The molecular weight excluding hydrogens is 214 g/mol. The lowest BCUT2D eigenvalue weighted by molar-refractivity contribution is 0.585. The van der Waals surface area contributed by atoms with Gasteiger partial charge in [0.1, 0.15) is 11.6 Å². The molecule has 0 bridgehead atoms. The van der Waals surface area contributed by atoms with Crippen LogP contribution in [-0.4, -0.2) is 6.54 Å². The summed E-state index contributed by atoms with van der Waals surface area (Å²) in [5.41, 5.74) is 13.3. The number of azide groups is 1. The molecule has 82 valence electrons. The van der Waals surface area contributed by atoms with E-state index in [1.54, 1.807) is 0 Å². The second-order valence-corrected chi connectivity index (χ2v) is 2.86. The first-order valence-corrected chi connectivity index (χ1v) is 4.39. The summed E-state index contributed by atoms with van der Waals surface area (Å²) in [4.78, 5) is 2.54. The Morgan fingerprint density at radius 2 is 2.19 bits per heavy atom. The molecule has 1 aromatic rings. The molecule has 6 heteroatoms. The number of nitrogens with two attached hydrogens (primary N) is 1. The van der Waals surface area contributed by atoms with Crippen LogP contribution in [0.5, 0.6) is 0 Å². The van der Waals surface area contributed by atoms with Crippen LogP contribution in [0.2, 0.25) is 0 Å². The summed E-state index contributed by atoms with van der Waals surface area (Å²) in [5.74, 6) is 3.55. The van der Waals surface area contributed by atoms with Crippen LogP contribution in [0.1, 0.15) is 12.0 Å². The minimum absolute atomic E-state index is 0.0958. The fourth-order valence-corrected chi connectivity index (χ4v) is 0.997. The van der Waals surface area contributed by atoms with Crippen LogP contribution < -0.4 is 5.73 Å². The summed E-state index contributed by atoms with van der Waals surface area (Å²) in [7, 11) is 0. The molecule has 0 aliphatic rings. The molecule has 0 atom stereocenters. The van der Waals surface area contributed by atoms with Crippen molar-refractivity contribution in [3.05, 3.63) is 39.8 Å². The average molecular weight is 222 g/mol. The predicted molar refractivity (Wildman–Crippen MR) is 56.3 cm³/mol. The van der Waals surface area contributed by atoms with Gasteiger partial charge in [-0.3, -0.25) is 0 Å². The highest BCUT2D eigenvalue weighted by molar-refractivity contribution is 5.56. The Kier molecular flexibility index (Phi) is 4.13. The summed E-state index contributed by atoms with van der Waals surface area (Å²) >= 11 is 0. The maximum atomic E-state index is 13.0. The van der Waals surface area contributed by atoms with Crippen LogP contribution in [-0.2, 0) is 0 Å². The molecule has 0 aliphatic carbocycles. The topological polar surface area (TPSA) is 74.8 Å². The van der Waals surface area contributed by atoms with Gasteiger partial charge in [-0.2, -0.15) is 0 Å². The largest absolute Gasteiger partial charge is 0.395 e. The van der Waals surface area contributed by atoms with Gasteiger partial charge in [0.25, 0.3) is 0 Å². The number of nitrogen functional groups attached to an aromatic ring is 1. The van der Waals surface area contributed by atoms with Gasteiger partial charge >= 0.3 is 0 Å². The van der Waals surface area contributed by atoms with Crippen molar-refractivity contribution in [2.24, 2.45) is 5.11 Å². The standard InChI is InChI=1S/C10H8F2N4/c11-8-5-7(10(13)9(12)6-8)3-1-2-4-15-16-14/h5-6H,2,4,13H2. The van der Waals surface area contributed by atoms with Gasteiger partial charge in [0.15, 0.2) is 0 Å². The van der Waals surface area contributed by atoms with E-state index in [9.17, 15) is 8.78 Å². The SMILES string of the molecule is [N-]=[N+]=NCCC#Cc1cc(F)cc(F)c1N. The van der Waals surface area contributed by atoms with Crippen LogP contribution in [0.15, 0.2) is 17.2 Å². The number of anilines is 1. The summed E-state index contributed by atoms with van der Waals surface area (Å²) in [5, 5.41) is 3.26. The molecule has 0 aliphatic heterocycles. The number of halogens is 2. The molecule has 0 unspecified atom stereocenters. The predicted octanol–water partition coefficient (Wildman–Crippen LogP) is 2.60. The first kappa shape index (κ1) is 11.8. The average Bonchev–Trinajstić information content (AvgIpc) is 2.24. The lowest BCUT2D eigenvalue weighted by atomic mass is 10.1. The molecule has 2 N–H and O–H groups in total. The van der Waals surface area contributed by atoms with Crippen LogP contribution >= 0.6 is 0 Å². The fraction of sp³-hybridized carbons (Fsp3) is 0.200. The van der Waals surface area contributed by atoms with E-state index in [1.807, 2.05) is 0 Å². The Balaban J connectivity index is 2.84. The molecular formula is C10H8F2N4. The molecule has 0 radical (unpaired) electrons. The highest BCUT2D eigenvalue weighted by Gasteiger charge is 2.05. The molecule has 1 rings (SSSR count). The van der Waals surface area contributed by atoms with Crippen molar-refractivity contribution < 1.29 is 8.78 Å². The van der Waals surface area contributed by atoms with E-state index >= 15 is 0 Å². The lowest BCUT2D eigenvalue weighted by Crippen LogP contribution is -1.96. The Morgan fingerprint density at radius 1 is 1.44 bits per heavy atom. The molecule has 1 aromatic carbocycles. The zero-order valence-corrected chi connectivity index (χ0v) is 8.24. The van der Waals surface area contributed by atoms with Crippen LogP contribution in [0.25, 0.3) is 10.4 Å². The van der Waals surface area contributed by atoms with Crippen LogP contribution in [0.3, 0.4) is 0 Å². The molecule has 0 aromatic heterocycles. The fourth-order valence-electron chi connectivity index (χ4n) is 0.997. The molecule has 0 amide bonds. The maximum Gasteiger partial charge on any atom is 0.150 e. The van der Waals surface area contributed by atoms with E-state index in [4.69, 9.17) is 11.3 Å². The molecule has 0 heterocycles. The van der Waals surface area contributed by atoms with Crippen molar-refractivity contribution in [2.45, 2.75) is 6.42 Å². The second-order valence-electron chi connectivity index (χ2n) is 2.86. The molecule has 0 saturated carbocycles. The molecule has 0 saturated heterocycles. The normalized spacial score (nSPS) is 8.88. The summed E-state index contributed by atoms with van der Waals surface area (Å²) < 4.78 is 25.8. The minimum atomic E-state index is -0.834. The van der Waals surface area contributed by atoms with Crippen molar-refractivity contribution in [3.63, 3.8) is 0 Å². The monoisotopic (exact) mass is 222 g/mol. The van der Waals surface area contributed by atoms with Gasteiger partial charge in [0.2, 0.25) is 0 Å². The first-order valence-electron chi connectivity index (χ1n) is 4.39. The van der Waals surface area contributed by atoms with Crippen molar-refractivity contribution in [1.29, 1.82) is 0 Å². The summed E-state index contributed by atoms with van der Waals surface area (Å²) in [6, 6.07) is 1.75. The second kappa shape index (κ2) is 5.59. The third-order valence-corrected chi connectivity index (χ3v) is 1.72. The highest BCUT2D eigenvalue weighted by Crippen LogP contribution is 2.16. The lowest BCUT2D eigenvalue weighted by Gasteiger charge is -1.99. The van der Waals surface area contributed by atoms with Gasteiger partial charge in [-0.25, -0.2) is 8.78 Å². The quantitative estimate of drug-likeness (QED) is 0.205. The van der Waals surface area contributed by atoms with E-state index < -0.39 is 11.6 Å². The van der Waals surface area contributed by atoms with Gasteiger partial charge in [0, 0.05) is 23.9 Å². The highest BCUT2D eigenvalue weighted by atomic mass is 19.1. The van der Waals surface area contributed by atoms with E-state index in [0.717, 1.165) is 6.07 Å². The Morgan fingerprint density at radius 3 is 2.88 bits per heavy atom. The van der Waals surface area contributed by atoms with Crippen molar-refractivity contribution >= 4 is 5.69 Å². The number of hydrogen-bond donors (Lipinski definition) is 1. The smallest absolute Gasteiger partial charge is 0.150 e. The van der Waals surface area contributed by atoms with Gasteiger partial charge in [-0.1, -0.05) is 17.0 Å². The van der Waals surface area contributed by atoms with E-state index in [2.05, 4.69) is 21.9 Å². The first-order chi connectivity index (χ1) is 7.65. The van der Waals surface area contributed by atoms with Gasteiger partial charge in [-0.05, 0) is 11.6 Å². The number of hydrogen-bond acceptors (Lipinski definition) is 2.